The quantitative estimate of drug-likeness (QED) is 0.630. The second kappa shape index (κ2) is 5.80. The Labute approximate surface area is 103 Å². The summed E-state index contributed by atoms with van der Waals surface area (Å²) in [4.78, 5) is 4.43. The van der Waals surface area contributed by atoms with Crippen LogP contribution in [0.15, 0.2) is 90.2 Å². The zero-order valence-corrected chi connectivity index (χ0v) is 10.2. The smallest absolute Gasteiger partial charge is 0.0703 e. The number of hydrogen-bond acceptors (Lipinski definition) is 1. The van der Waals surface area contributed by atoms with E-state index < -0.39 is 0 Å². The first-order chi connectivity index (χ1) is 8.06. The summed E-state index contributed by atoms with van der Waals surface area (Å²) in [5.41, 5.74) is 4.18. The first-order valence-corrected chi connectivity index (χ1v) is 5.37. The van der Waals surface area contributed by atoms with E-state index in [0.717, 1.165) is 22.4 Å². The molecule has 0 saturated heterocycles. The van der Waals surface area contributed by atoms with E-state index in [4.69, 9.17) is 0 Å². The molecule has 0 spiro atoms. The lowest BCUT2D eigenvalue weighted by Gasteiger charge is -2.09. The predicted molar refractivity (Wildman–Crippen MR) is 77.1 cm³/mol. The van der Waals surface area contributed by atoms with Crippen LogP contribution in [0.1, 0.15) is 6.92 Å². The van der Waals surface area contributed by atoms with Crippen molar-refractivity contribution in [1.82, 2.24) is 0 Å². The van der Waals surface area contributed by atoms with Gasteiger partial charge in [0.1, 0.15) is 0 Å². The Kier molecular flexibility index (Phi) is 4.41. The molecular weight excluding hydrogens is 206 g/mol. The molecule has 1 aliphatic carbocycles. The van der Waals surface area contributed by atoms with Crippen LogP contribution < -0.4 is 0 Å². The van der Waals surface area contributed by atoms with Crippen LogP contribution in [0.2, 0.25) is 0 Å². The molecule has 1 nitrogen and oxygen atoms in total. The van der Waals surface area contributed by atoms with Gasteiger partial charge in [-0.3, -0.25) is 0 Å². The SMILES string of the molecule is C=C/C=C(/C)C(=C)C(=C)N=C1C=CC=CC1=C. The average Bonchev–Trinajstić information content (AvgIpc) is 2.31. The Bertz CT molecular complexity index is 494. The highest BCUT2D eigenvalue weighted by Crippen LogP contribution is 2.18. The van der Waals surface area contributed by atoms with Crippen LogP contribution in [0, 0.1) is 0 Å². The molecule has 0 amide bonds. The van der Waals surface area contributed by atoms with Crippen molar-refractivity contribution in [2.45, 2.75) is 6.92 Å². The van der Waals surface area contributed by atoms with Gasteiger partial charge in [0, 0.05) is 0 Å². The Balaban J connectivity index is 2.89. The van der Waals surface area contributed by atoms with Crippen molar-refractivity contribution in [2.75, 3.05) is 0 Å². The fourth-order valence-electron chi connectivity index (χ4n) is 1.34. The summed E-state index contributed by atoms with van der Waals surface area (Å²) in [7, 11) is 0. The molecule has 0 N–H and O–H groups in total. The topological polar surface area (TPSA) is 12.4 Å². The van der Waals surface area contributed by atoms with E-state index in [0.29, 0.717) is 5.70 Å². The van der Waals surface area contributed by atoms with Gasteiger partial charge >= 0.3 is 0 Å². The van der Waals surface area contributed by atoms with Gasteiger partial charge in [-0.15, -0.1) is 0 Å². The maximum absolute atomic E-state index is 4.43. The Morgan fingerprint density at radius 1 is 1.24 bits per heavy atom. The Morgan fingerprint density at radius 3 is 2.47 bits per heavy atom. The minimum Gasteiger partial charge on any atom is -0.248 e. The molecule has 0 aromatic heterocycles. The summed E-state index contributed by atoms with van der Waals surface area (Å²) in [5, 5.41) is 0. The van der Waals surface area contributed by atoms with Crippen LogP contribution in [0.25, 0.3) is 0 Å². The minimum atomic E-state index is 0.650. The molecular formula is C16H17N. The van der Waals surface area contributed by atoms with E-state index in [1.165, 1.54) is 0 Å². The van der Waals surface area contributed by atoms with Crippen molar-refractivity contribution in [2.24, 2.45) is 4.99 Å². The fraction of sp³-hybridized carbons (Fsp3) is 0.0625. The lowest BCUT2D eigenvalue weighted by Crippen LogP contribution is -2.00. The Morgan fingerprint density at radius 2 is 1.88 bits per heavy atom. The van der Waals surface area contributed by atoms with Crippen LogP contribution in [-0.4, -0.2) is 5.71 Å². The van der Waals surface area contributed by atoms with E-state index in [9.17, 15) is 0 Å². The number of nitrogens with zero attached hydrogens (tertiary/aromatic N) is 1. The molecule has 0 heterocycles. The summed E-state index contributed by atoms with van der Waals surface area (Å²) < 4.78 is 0. The summed E-state index contributed by atoms with van der Waals surface area (Å²) in [6.07, 6.45) is 11.3. The van der Waals surface area contributed by atoms with E-state index in [-0.39, 0.29) is 0 Å². The molecule has 0 aromatic rings. The molecule has 1 heteroatoms. The van der Waals surface area contributed by atoms with Crippen molar-refractivity contribution in [3.05, 3.63) is 85.2 Å². The van der Waals surface area contributed by atoms with E-state index >= 15 is 0 Å². The minimum absolute atomic E-state index is 0.650. The number of hydrogen-bond donors (Lipinski definition) is 0. The van der Waals surface area contributed by atoms with Gasteiger partial charge < -0.3 is 0 Å². The normalized spacial score (nSPS) is 17.4. The molecule has 0 saturated carbocycles. The van der Waals surface area contributed by atoms with Crippen LogP contribution in [0.4, 0.5) is 0 Å². The highest BCUT2D eigenvalue weighted by Gasteiger charge is 2.05. The molecule has 0 unspecified atom stereocenters. The van der Waals surface area contributed by atoms with Crippen LogP contribution in [0.5, 0.6) is 0 Å². The molecule has 1 rings (SSSR count). The summed E-state index contributed by atoms with van der Waals surface area (Å²) in [5.74, 6) is 0. The third-order valence-corrected chi connectivity index (χ3v) is 2.44. The Hall–Kier alpha value is -2.15. The summed E-state index contributed by atoms with van der Waals surface area (Å²) in [6, 6.07) is 0. The van der Waals surface area contributed by atoms with Crippen LogP contribution >= 0.6 is 0 Å². The third kappa shape index (κ3) is 3.42. The second-order valence-electron chi connectivity index (χ2n) is 3.75. The predicted octanol–water partition coefficient (Wildman–Crippen LogP) is 4.31. The van der Waals surface area contributed by atoms with Crippen LogP contribution in [-0.2, 0) is 0 Å². The summed E-state index contributed by atoms with van der Waals surface area (Å²) in [6.45, 7) is 17.4. The van der Waals surface area contributed by atoms with E-state index in [2.05, 4.69) is 31.3 Å². The fourth-order valence-corrected chi connectivity index (χ4v) is 1.34. The van der Waals surface area contributed by atoms with Crippen molar-refractivity contribution >= 4 is 5.71 Å². The number of allylic oxidation sites excluding steroid dienone is 8. The molecule has 0 aromatic carbocycles. The summed E-state index contributed by atoms with van der Waals surface area (Å²) >= 11 is 0. The van der Waals surface area contributed by atoms with E-state index in [1.807, 2.05) is 37.3 Å². The maximum atomic E-state index is 4.43. The molecule has 0 atom stereocenters. The third-order valence-electron chi connectivity index (χ3n) is 2.44. The second-order valence-corrected chi connectivity index (χ2v) is 3.75. The zero-order valence-electron chi connectivity index (χ0n) is 10.2. The lowest BCUT2D eigenvalue weighted by molar-refractivity contribution is 1.29. The van der Waals surface area contributed by atoms with Crippen LogP contribution in [0.3, 0.4) is 0 Å². The largest absolute Gasteiger partial charge is 0.248 e. The number of aliphatic imine (C=N–C) groups is 1. The van der Waals surface area contributed by atoms with Gasteiger partial charge in [0.2, 0.25) is 0 Å². The van der Waals surface area contributed by atoms with Gasteiger partial charge in [-0.25, -0.2) is 4.99 Å². The molecule has 86 valence electrons. The lowest BCUT2D eigenvalue weighted by atomic mass is 10.0. The van der Waals surface area contributed by atoms with Crippen molar-refractivity contribution in [3.8, 4) is 0 Å². The highest BCUT2D eigenvalue weighted by molar-refractivity contribution is 6.11. The van der Waals surface area contributed by atoms with Gasteiger partial charge in [-0.05, 0) is 29.7 Å². The standard InChI is InChI=1S/C16H17N/c1-6-9-12(2)14(4)15(5)17-16-11-8-7-10-13(16)3/h6-11H,1,3-5H2,2H3/b12-9-,17-16?. The molecule has 0 bridgehead atoms. The molecule has 1 aliphatic rings. The number of rotatable bonds is 4. The van der Waals surface area contributed by atoms with Crippen molar-refractivity contribution in [3.63, 3.8) is 0 Å². The monoisotopic (exact) mass is 223 g/mol. The van der Waals surface area contributed by atoms with Gasteiger partial charge in [-0.2, -0.15) is 0 Å². The van der Waals surface area contributed by atoms with E-state index in [1.54, 1.807) is 6.08 Å². The zero-order chi connectivity index (χ0) is 12.8. The van der Waals surface area contributed by atoms with Gasteiger partial charge in [-0.1, -0.05) is 56.7 Å². The first kappa shape index (κ1) is 12.9. The molecule has 0 aliphatic heterocycles. The van der Waals surface area contributed by atoms with Crippen molar-refractivity contribution in [1.29, 1.82) is 0 Å². The molecule has 0 radical (unpaired) electrons. The highest BCUT2D eigenvalue weighted by atomic mass is 14.8. The maximum Gasteiger partial charge on any atom is 0.0703 e. The average molecular weight is 223 g/mol. The van der Waals surface area contributed by atoms with Gasteiger partial charge in [0.25, 0.3) is 0 Å². The molecule has 17 heavy (non-hydrogen) atoms. The molecule has 0 fully saturated rings. The van der Waals surface area contributed by atoms with Crippen molar-refractivity contribution < 1.29 is 0 Å². The first-order valence-electron chi connectivity index (χ1n) is 5.37. The van der Waals surface area contributed by atoms with Gasteiger partial charge in [0.05, 0.1) is 11.4 Å². The van der Waals surface area contributed by atoms with Gasteiger partial charge in [0.15, 0.2) is 0 Å².